The molecule has 2 aromatic heterocycles. The van der Waals surface area contributed by atoms with Crippen LogP contribution in [0.25, 0.3) is 5.00 Å². The van der Waals surface area contributed by atoms with Gasteiger partial charge in [-0.1, -0.05) is 18.1 Å². The van der Waals surface area contributed by atoms with Crippen molar-refractivity contribution in [2.75, 3.05) is 0 Å². The number of esters is 1. The summed E-state index contributed by atoms with van der Waals surface area (Å²) in [5, 5.41) is 9.69. The minimum absolute atomic E-state index is 0.0314. The highest BCUT2D eigenvalue weighted by atomic mass is 32.1. The number of benzene rings is 1. The Bertz CT molecular complexity index is 1430. The van der Waals surface area contributed by atoms with Crippen LogP contribution in [0.15, 0.2) is 29.3 Å². The first-order valence-electron chi connectivity index (χ1n) is 11.4. The first-order valence-corrected chi connectivity index (χ1v) is 12.3. The van der Waals surface area contributed by atoms with E-state index in [0.717, 1.165) is 38.1 Å². The molecule has 0 radical (unpaired) electrons. The zero-order valence-electron chi connectivity index (χ0n) is 21.1. The molecule has 0 spiro atoms. The van der Waals surface area contributed by atoms with E-state index in [-0.39, 0.29) is 12.4 Å². The highest BCUT2D eigenvalue weighted by Crippen LogP contribution is 2.39. The Labute approximate surface area is 213 Å². The van der Waals surface area contributed by atoms with Gasteiger partial charge in [0.15, 0.2) is 5.82 Å². The van der Waals surface area contributed by atoms with Crippen LogP contribution in [0.4, 0.5) is 0 Å². The van der Waals surface area contributed by atoms with Crippen molar-refractivity contribution >= 4 is 28.9 Å². The number of fused-ring (bicyclic) bond motifs is 3. The van der Waals surface area contributed by atoms with Crippen LogP contribution in [0.5, 0.6) is 0 Å². The van der Waals surface area contributed by atoms with Crippen LogP contribution in [0.2, 0.25) is 0 Å². The minimum atomic E-state index is -0.609. The van der Waals surface area contributed by atoms with Gasteiger partial charge in [-0.25, -0.2) is 5.84 Å². The molecule has 9 nitrogen and oxygen atoms in total. The number of nitrogens with zero attached hydrogens (tertiary/aromatic N) is 4. The number of aliphatic imine (C=N–C) groups is 1. The molecular formula is C26H28N6O3S. The number of rotatable bonds is 3. The van der Waals surface area contributed by atoms with Crippen molar-refractivity contribution in [3.05, 3.63) is 63.0 Å². The molecule has 4 rings (SSSR count). The largest absolute Gasteiger partial charge is 0.460 e. The van der Waals surface area contributed by atoms with Crippen molar-refractivity contribution in [2.45, 2.75) is 59.6 Å². The predicted octanol–water partition coefficient (Wildman–Crippen LogP) is 3.22. The molecule has 3 N–H and O–H groups in total. The van der Waals surface area contributed by atoms with Crippen LogP contribution in [0, 0.1) is 32.6 Å². The maximum Gasteiger partial charge on any atom is 0.310 e. The Morgan fingerprint density at radius 1 is 1.17 bits per heavy atom. The number of hydrogen-bond acceptors (Lipinski definition) is 8. The van der Waals surface area contributed by atoms with E-state index in [1.807, 2.05) is 62.0 Å². The molecule has 0 saturated heterocycles. The predicted molar refractivity (Wildman–Crippen MR) is 138 cm³/mol. The zero-order chi connectivity index (χ0) is 26.2. The van der Waals surface area contributed by atoms with Crippen LogP contribution >= 0.6 is 11.3 Å². The fourth-order valence-corrected chi connectivity index (χ4v) is 5.16. The maximum absolute atomic E-state index is 12.8. The number of hydrogen-bond donors (Lipinski definition) is 2. The van der Waals surface area contributed by atoms with Crippen LogP contribution < -0.4 is 11.3 Å². The van der Waals surface area contributed by atoms with E-state index in [4.69, 9.17) is 15.6 Å². The minimum Gasteiger partial charge on any atom is -0.460 e. The van der Waals surface area contributed by atoms with Crippen LogP contribution in [0.1, 0.15) is 72.0 Å². The molecule has 3 aromatic rings. The van der Waals surface area contributed by atoms with Gasteiger partial charge in [-0.05, 0) is 59.2 Å². The number of nitrogens with one attached hydrogen (secondary N) is 1. The SMILES string of the molecule is Cc1sc2c(c1C)C(c1ccc(C#CC(=O)NN)cc1)=N[C@@H](CC(=O)OC(C)(C)C)c1nnc(C)n1-2. The molecular weight excluding hydrogens is 476 g/mol. The molecule has 0 fully saturated rings. The third-order valence-corrected chi connectivity index (χ3v) is 6.82. The molecule has 0 unspecified atom stereocenters. The number of carbonyl (C=O) groups excluding carboxylic acids is 2. The Morgan fingerprint density at radius 2 is 1.86 bits per heavy atom. The first-order chi connectivity index (χ1) is 17.0. The number of nitrogens with two attached hydrogens (primary N) is 1. The van der Waals surface area contributed by atoms with Crippen molar-refractivity contribution in [2.24, 2.45) is 10.8 Å². The molecule has 3 heterocycles. The van der Waals surface area contributed by atoms with Gasteiger partial charge in [0.1, 0.15) is 22.5 Å². The molecule has 1 aliphatic rings. The van der Waals surface area contributed by atoms with E-state index in [9.17, 15) is 9.59 Å². The average molecular weight is 505 g/mol. The lowest BCUT2D eigenvalue weighted by Gasteiger charge is -2.21. The molecule has 1 aromatic carbocycles. The summed E-state index contributed by atoms with van der Waals surface area (Å²) < 4.78 is 7.59. The summed E-state index contributed by atoms with van der Waals surface area (Å²) in [7, 11) is 0. The van der Waals surface area contributed by atoms with Crippen molar-refractivity contribution in [3.8, 4) is 16.8 Å². The van der Waals surface area contributed by atoms with E-state index >= 15 is 0 Å². The summed E-state index contributed by atoms with van der Waals surface area (Å²) in [5.74, 6) is 10.7. The zero-order valence-corrected chi connectivity index (χ0v) is 21.9. The van der Waals surface area contributed by atoms with Gasteiger partial charge in [0.05, 0.1) is 12.1 Å². The van der Waals surface area contributed by atoms with Gasteiger partial charge in [-0.2, -0.15) is 0 Å². The van der Waals surface area contributed by atoms with E-state index in [0.29, 0.717) is 11.4 Å². The Balaban J connectivity index is 1.84. The van der Waals surface area contributed by atoms with Crippen molar-refractivity contribution in [1.82, 2.24) is 20.2 Å². The second-order valence-electron chi connectivity index (χ2n) is 9.49. The van der Waals surface area contributed by atoms with Crippen LogP contribution in [-0.2, 0) is 14.3 Å². The van der Waals surface area contributed by atoms with Gasteiger partial charge >= 0.3 is 11.9 Å². The van der Waals surface area contributed by atoms with E-state index in [1.165, 1.54) is 0 Å². The van der Waals surface area contributed by atoms with Gasteiger partial charge in [0.2, 0.25) is 0 Å². The van der Waals surface area contributed by atoms with Gasteiger partial charge in [0, 0.05) is 27.5 Å². The molecule has 1 amide bonds. The smallest absolute Gasteiger partial charge is 0.310 e. The number of aromatic nitrogens is 3. The van der Waals surface area contributed by atoms with E-state index in [2.05, 4.69) is 35.9 Å². The maximum atomic E-state index is 12.8. The molecule has 0 bridgehead atoms. The lowest BCUT2D eigenvalue weighted by molar-refractivity contribution is -0.155. The van der Waals surface area contributed by atoms with Crippen LogP contribution in [-0.4, -0.2) is 38.0 Å². The first kappa shape index (κ1) is 25.3. The molecule has 36 heavy (non-hydrogen) atoms. The molecule has 186 valence electrons. The highest BCUT2D eigenvalue weighted by Gasteiger charge is 2.33. The summed E-state index contributed by atoms with van der Waals surface area (Å²) >= 11 is 1.65. The van der Waals surface area contributed by atoms with E-state index in [1.54, 1.807) is 11.3 Å². The summed E-state index contributed by atoms with van der Waals surface area (Å²) in [4.78, 5) is 30.4. The molecule has 0 aliphatic carbocycles. The number of carbonyl (C=O) groups is 2. The average Bonchev–Trinajstić information content (AvgIpc) is 3.28. The standard InChI is InChI=1S/C26H28N6O3S/c1-14-15(2)36-25-22(14)23(18-10-7-17(8-11-18)9-12-20(33)29-27)28-19(13-21(34)35-26(4,5)6)24-31-30-16(3)32(24)25/h7-8,10-11,19H,13,27H2,1-6H3,(H,29,33)/t19-/m0/s1. The van der Waals surface area contributed by atoms with E-state index < -0.39 is 17.6 Å². The summed E-state index contributed by atoms with van der Waals surface area (Å²) in [6.45, 7) is 11.6. The third-order valence-electron chi connectivity index (χ3n) is 5.63. The molecule has 0 saturated carbocycles. The fraction of sp³-hybridized carbons (Fsp3) is 0.346. The Kier molecular flexibility index (Phi) is 6.80. The van der Waals surface area contributed by atoms with Crippen molar-refractivity contribution in [1.29, 1.82) is 0 Å². The Hall–Kier alpha value is -3.81. The highest BCUT2D eigenvalue weighted by molar-refractivity contribution is 7.15. The fourth-order valence-electron chi connectivity index (χ4n) is 3.94. The number of amides is 1. The normalized spacial score (nSPS) is 14.5. The second-order valence-corrected chi connectivity index (χ2v) is 10.7. The summed E-state index contributed by atoms with van der Waals surface area (Å²) in [6, 6.07) is 6.87. The quantitative estimate of drug-likeness (QED) is 0.186. The Morgan fingerprint density at radius 3 is 2.50 bits per heavy atom. The van der Waals surface area contributed by atoms with Gasteiger partial charge in [0.25, 0.3) is 0 Å². The second kappa shape index (κ2) is 9.68. The van der Waals surface area contributed by atoms with Gasteiger partial charge in [-0.3, -0.25) is 24.6 Å². The summed E-state index contributed by atoms with van der Waals surface area (Å²) in [6.07, 6.45) is 0.0314. The summed E-state index contributed by atoms with van der Waals surface area (Å²) in [5.41, 5.74) is 5.74. The van der Waals surface area contributed by atoms with Crippen molar-refractivity contribution < 1.29 is 14.3 Å². The topological polar surface area (TPSA) is 124 Å². The molecule has 10 heteroatoms. The number of hydrazine groups is 1. The molecule has 1 atom stereocenters. The lowest BCUT2D eigenvalue weighted by Crippen LogP contribution is -2.28. The third kappa shape index (κ3) is 5.08. The molecule has 1 aliphatic heterocycles. The van der Waals surface area contributed by atoms with Gasteiger partial charge < -0.3 is 4.74 Å². The monoisotopic (exact) mass is 504 g/mol. The van der Waals surface area contributed by atoms with Crippen LogP contribution in [0.3, 0.4) is 0 Å². The number of thiophene rings is 1. The van der Waals surface area contributed by atoms with Crippen molar-refractivity contribution in [3.63, 3.8) is 0 Å². The number of ether oxygens (including phenoxy) is 1. The number of aryl methyl sites for hydroxylation is 2. The van der Waals surface area contributed by atoms with Gasteiger partial charge in [-0.15, -0.1) is 21.5 Å². The lowest BCUT2D eigenvalue weighted by atomic mass is 9.98.